The lowest BCUT2D eigenvalue weighted by Crippen LogP contribution is -1.59. The molecule has 0 aromatic heterocycles. The van der Waals surface area contributed by atoms with E-state index in [9.17, 15) is 0 Å². The largest absolute Gasteiger partial charge is 0.312 e. The predicted octanol–water partition coefficient (Wildman–Crippen LogP) is 1.65. The fourth-order valence-electron chi connectivity index (χ4n) is 0.210. The monoisotopic (exact) mass is 93.1 g/mol. The third kappa shape index (κ3) is 4.97. The van der Waals surface area contributed by atoms with E-state index in [0.29, 0.717) is 6.54 Å². The molecule has 0 aliphatic heterocycles. The summed E-state index contributed by atoms with van der Waals surface area (Å²) in [7, 11) is 0. The molecule has 0 saturated carbocycles. The standard InChI is InChI=1S/C6H7N/c1-3-4-5-6-7-2/h3-5H,1,6H2. The number of hydrogen-bond donors (Lipinski definition) is 0. The van der Waals surface area contributed by atoms with Gasteiger partial charge in [0, 0.05) is 0 Å². The van der Waals surface area contributed by atoms with E-state index in [-0.39, 0.29) is 0 Å². The Kier molecular flexibility index (Phi) is 4.24. The third-order valence-electron chi connectivity index (χ3n) is 0.469. The van der Waals surface area contributed by atoms with Gasteiger partial charge in [-0.3, -0.25) is 0 Å². The van der Waals surface area contributed by atoms with Crippen LogP contribution in [0.1, 0.15) is 0 Å². The summed E-state index contributed by atoms with van der Waals surface area (Å²) in [5.41, 5.74) is 0. The van der Waals surface area contributed by atoms with Crippen LogP contribution in [0.3, 0.4) is 0 Å². The molecule has 0 aromatic rings. The quantitative estimate of drug-likeness (QED) is 0.361. The molecular weight excluding hydrogens is 86.1 g/mol. The Labute approximate surface area is 43.8 Å². The molecule has 0 aliphatic carbocycles. The minimum absolute atomic E-state index is 0.464. The van der Waals surface area contributed by atoms with Gasteiger partial charge < -0.3 is 4.85 Å². The van der Waals surface area contributed by atoms with E-state index in [2.05, 4.69) is 11.4 Å². The van der Waals surface area contributed by atoms with Crippen molar-refractivity contribution in [1.29, 1.82) is 0 Å². The van der Waals surface area contributed by atoms with E-state index < -0.39 is 0 Å². The highest BCUT2D eigenvalue weighted by Gasteiger charge is 1.65. The minimum atomic E-state index is 0.464. The molecule has 1 heteroatoms. The van der Waals surface area contributed by atoms with E-state index in [1.54, 1.807) is 18.2 Å². The molecule has 0 saturated heterocycles. The first-order valence-corrected chi connectivity index (χ1v) is 2.02. The molecule has 36 valence electrons. The average molecular weight is 93.1 g/mol. The summed E-state index contributed by atoms with van der Waals surface area (Å²) < 4.78 is 0. The fraction of sp³-hybridized carbons (Fsp3) is 0.167. The van der Waals surface area contributed by atoms with Crippen molar-refractivity contribution in [2.45, 2.75) is 0 Å². The van der Waals surface area contributed by atoms with Gasteiger partial charge in [-0.1, -0.05) is 18.7 Å². The minimum Gasteiger partial charge on any atom is -0.312 e. The molecule has 0 atom stereocenters. The Morgan fingerprint density at radius 1 is 1.71 bits per heavy atom. The molecule has 0 bridgehead atoms. The molecule has 0 unspecified atom stereocenters. The highest BCUT2D eigenvalue weighted by Crippen LogP contribution is 1.72. The first kappa shape index (κ1) is 5.97. The molecule has 0 spiro atoms. The lowest BCUT2D eigenvalue weighted by atomic mass is 10.5. The van der Waals surface area contributed by atoms with Gasteiger partial charge in [-0.05, 0) is 6.08 Å². The molecule has 0 aliphatic rings. The summed E-state index contributed by atoms with van der Waals surface area (Å²) in [6, 6.07) is 0. The SMILES string of the molecule is [C-]#[N+]CC=CC=C. The van der Waals surface area contributed by atoms with Crippen LogP contribution < -0.4 is 0 Å². The van der Waals surface area contributed by atoms with Crippen molar-refractivity contribution in [2.24, 2.45) is 0 Å². The van der Waals surface area contributed by atoms with Gasteiger partial charge in [0.1, 0.15) is 0 Å². The molecule has 0 N–H and O–H groups in total. The summed E-state index contributed by atoms with van der Waals surface area (Å²) >= 11 is 0. The number of allylic oxidation sites excluding steroid dienone is 2. The van der Waals surface area contributed by atoms with Crippen LogP contribution in [-0.2, 0) is 0 Å². The molecular formula is C6H7N. The second-order valence-corrected chi connectivity index (χ2v) is 1.00. The van der Waals surface area contributed by atoms with Gasteiger partial charge in [-0.25, -0.2) is 6.57 Å². The van der Waals surface area contributed by atoms with Gasteiger partial charge in [0.05, 0.1) is 0 Å². The first-order valence-electron chi connectivity index (χ1n) is 2.02. The average Bonchev–Trinajstić information content (AvgIpc) is 1.69. The van der Waals surface area contributed by atoms with Gasteiger partial charge in [0.15, 0.2) is 0 Å². The van der Waals surface area contributed by atoms with Crippen LogP contribution in [0.2, 0.25) is 0 Å². The molecule has 0 fully saturated rings. The van der Waals surface area contributed by atoms with Crippen LogP contribution in [0.25, 0.3) is 4.85 Å². The van der Waals surface area contributed by atoms with Crippen LogP contribution in [0.5, 0.6) is 0 Å². The summed E-state index contributed by atoms with van der Waals surface area (Å²) in [6.45, 7) is 10.2. The summed E-state index contributed by atoms with van der Waals surface area (Å²) in [4.78, 5) is 3.09. The van der Waals surface area contributed by atoms with Crippen LogP contribution in [0.15, 0.2) is 24.8 Å². The maximum atomic E-state index is 6.32. The van der Waals surface area contributed by atoms with Gasteiger partial charge in [0.25, 0.3) is 0 Å². The highest BCUT2D eigenvalue weighted by molar-refractivity contribution is 4.99. The van der Waals surface area contributed by atoms with Gasteiger partial charge in [-0.2, -0.15) is 0 Å². The van der Waals surface area contributed by atoms with Crippen molar-refractivity contribution in [3.05, 3.63) is 36.2 Å². The van der Waals surface area contributed by atoms with Crippen molar-refractivity contribution in [2.75, 3.05) is 6.54 Å². The van der Waals surface area contributed by atoms with Crippen molar-refractivity contribution in [1.82, 2.24) is 0 Å². The van der Waals surface area contributed by atoms with E-state index in [0.717, 1.165) is 0 Å². The van der Waals surface area contributed by atoms with Crippen LogP contribution in [-0.4, -0.2) is 6.54 Å². The Morgan fingerprint density at radius 2 is 2.43 bits per heavy atom. The molecule has 7 heavy (non-hydrogen) atoms. The molecule has 0 rings (SSSR count). The Morgan fingerprint density at radius 3 is 2.86 bits per heavy atom. The first-order chi connectivity index (χ1) is 3.41. The smallest absolute Gasteiger partial charge is 0.233 e. The van der Waals surface area contributed by atoms with E-state index in [1.165, 1.54) is 0 Å². The lowest BCUT2D eigenvalue weighted by molar-refractivity contribution is 1.53. The second-order valence-electron chi connectivity index (χ2n) is 1.00. The molecule has 0 amide bonds. The zero-order chi connectivity index (χ0) is 5.54. The molecule has 0 aromatic carbocycles. The second kappa shape index (κ2) is 4.97. The normalized spacial score (nSPS) is 8.43. The van der Waals surface area contributed by atoms with E-state index in [4.69, 9.17) is 6.57 Å². The third-order valence-corrected chi connectivity index (χ3v) is 0.469. The van der Waals surface area contributed by atoms with Crippen molar-refractivity contribution >= 4 is 0 Å². The zero-order valence-corrected chi connectivity index (χ0v) is 4.09. The van der Waals surface area contributed by atoms with Crippen molar-refractivity contribution < 1.29 is 0 Å². The summed E-state index contributed by atoms with van der Waals surface area (Å²) in [6.07, 6.45) is 5.18. The topological polar surface area (TPSA) is 4.36 Å². The maximum Gasteiger partial charge on any atom is 0.233 e. The fourth-order valence-corrected chi connectivity index (χ4v) is 0.210. The predicted molar refractivity (Wildman–Crippen MR) is 30.8 cm³/mol. The lowest BCUT2D eigenvalue weighted by Gasteiger charge is -1.65. The van der Waals surface area contributed by atoms with Crippen LogP contribution >= 0.6 is 0 Å². The molecule has 0 radical (unpaired) electrons. The zero-order valence-electron chi connectivity index (χ0n) is 4.09. The highest BCUT2D eigenvalue weighted by atomic mass is 14.6. The number of rotatable bonds is 2. The Hall–Kier alpha value is -1.03. The van der Waals surface area contributed by atoms with E-state index in [1.807, 2.05) is 0 Å². The Bertz CT molecular complexity index is 106. The summed E-state index contributed by atoms with van der Waals surface area (Å²) in [5, 5.41) is 0. The van der Waals surface area contributed by atoms with Crippen LogP contribution in [0.4, 0.5) is 0 Å². The number of nitrogens with zero attached hydrogens (tertiary/aromatic N) is 1. The molecule has 0 heterocycles. The van der Waals surface area contributed by atoms with Crippen LogP contribution in [0, 0.1) is 6.57 Å². The van der Waals surface area contributed by atoms with Gasteiger partial charge >= 0.3 is 0 Å². The van der Waals surface area contributed by atoms with Gasteiger partial charge in [-0.15, -0.1) is 0 Å². The van der Waals surface area contributed by atoms with Crippen molar-refractivity contribution in [3.63, 3.8) is 0 Å². The summed E-state index contributed by atoms with van der Waals surface area (Å²) in [5.74, 6) is 0. The van der Waals surface area contributed by atoms with Gasteiger partial charge in [0.2, 0.25) is 6.54 Å². The maximum absolute atomic E-state index is 6.32. The Balaban J connectivity index is 3.13. The number of hydrogen-bond acceptors (Lipinski definition) is 0. The molecule has 1 nitrogen and oxygen atoms in total. The van der Waals surface area contributed by atoms with E-state index >= 15 is 0 Å². The van der Waals surface area contributed by atoms with Crippen molar-refractivity contribution in [3.8, 4) is 0 Å².